The Bertz CT molecular complexity index is 356. The van der Waals surface area contributed by atoms with Crippen LogP contribution in [0.4, 0.5) is 4.39 Å². The molecule has 0 saturated carbocycles. The van der Waals surface area contributed by atoms with Crippen LogP contribution in [0.2, 0.25) is 0 Å². The molecule has 1 rings (SSSR count). The number of ether oxygens (including phenoxy) is 2. The van der Waals surface area contributed by atoms with E-state index in [1.54, 1.807) is 0 Å². The summed E-state index contributed by atoms with van der Waals surface area (Å²) in [6.07, 6.45) is 1.44. The van der Waals surface area contributed by atoms with Crippen molar-refractivity contribution in [3.8, 4) is 5.75 Å². The zero-order valence-electron chi connectivity index (χ0n) is 11.1. The molecule has 0 bridgehead atoms. The van der Waals surface area contributed by atoms with Crippen molar-refractivity contribution in [2.45, 2.75) is 32.7 Å². The number of nitrogens with two attached hydrogens (primary N) is 1. The van der Waals surface area contributed by atoms with E-state index in [-0.39, 0.29) is 11.9 Å². The Hall–Kier alpha value is -1.13. The van der Waals surface area contributed by atoms with Crippen LogP contribution in [0.25, 0.3) is 0 Å². The smallest absolute Gasteiger partial charge is 0.127 e. The Morgan fingerprint density at radius 1 is 1.28 bits per heavy atom. The van der Waals surface area contributed by atoms with Gasteiger partial charge in [-0.2, -0.15) is 0 Å². The number of hydrogen-bond donors (Lipinski definition) is 1. The van der Waals surface area contributed by atoms with Gasteiger partial charge in [0.05, 0.1) is 6.61 Å². The van der Waals surface area contributed by atoms with Crippen LogP contribution in [0, 0.1) is 5.82 Å². The van der Waals surface area contributed by atoms with Crippen molar-refractivity contribution in [1.29, 1.82) is 0 Å². The van der Waals surface area contributed by atoms with E-state index in [4.69, 9.17) is 15.2 Å². The molecule has 1 aromatic carbocycles. The highest BCUT2D eigenvalue weighted by atomic mass is 19.1. The summed E-state index contributed by atoms with van der Waals surface area (Å²) in [6.45, 7) is 5.75. The van der Waals surface area contributed by atoms with Gasteiger partial charge in [-0.05, 0) is 38.0 Å². The highest BCUT2D eigenvalue weighted by Gasteiger charge is 2.04. The average molecular weight is 255 g/mol. The Morgan fingerprint density at radius 2 is 2.06 bits per heavy atom. The van der Waals surface area contributed by atoms with E-state index in [0.717, 1.165) is 12.0 Å². The Balaban J connectivity index is 2.46. The molecule has 1 aromatic rings. The summed E-state index contributed by atoms with van der Waals surface area (Å²) in [5.74, 6) is 0.273. The Kier molecular flexibility index (Phi) is 6.68. The molecular formula is C14H22FNO2. The van der Waals surface area contributed by atoms with Crippen molar-refractivity contribution in [2.75, 3.05) is 19.8 Å². The van der Waals surface area contributed by atoms with E-state index in [0.29, 0.717) is 32.0 Å². The molecule has 4 heteroatoms. The lowest BCUT2D eigenvalue weighted by Crippen LogP contribution is -2.17. The molecule has 0 saturated heterocycles. The van der Waals surface area contributed by atoms with Crippen molar-refractivity contribution in [3.63, 3.8) is 0 Å². The predicted octanol–water partition coefficient (Wildman–Crippen LogP) is 2.52. The van der Waals surface area contributed by atoms with Crippen molar-refractivity contribution < 1.29 is 13.9 Å². The molecule has 0 radical (unpaired) electrons. The lowest BCUT2D eigenvalue weighted by Gasteiger charge is -2.10. The maximum Gasteiger partial charge on any atom is 0.127 e. The monoisotopic (exact) mass is 255 g/mol. The standard InChI is InChI=1S/C14H22FNO2/c1-3-17-5-4-6-18-14-9-12(7-11(2)16)8-13(15)10-14/h8-11H,3-7,16H2,1-2H3. The van der Waals surface area contributed by atoms with Gasteiger partial charge in [0.2, 0.25) is 0 Å². The summed E-state index contributed by atoms with van der Waals surface area (Å²) in [7, 11) is 0. The molecule has 2 N–H and O–H groups in total. The van der Waals surface area contributed by atoms with Gasteiger partial charge in [0, 0.05) is 31.7 Å². The number of hydrogen-bond acceptors (Lipinski definition) is 3. The topological polar surface area (TPSA) is 44.5 Å². The molecule has 0 heterocycles. The minimum atomic E-state index is -0.284. The van der Waals surface area contributed by atoms with E-state index >= 15 is 0 Å². The van der Waals surface area contributed by atoms with Crippen LogP contribution < -0.4 is 10.5 Å². The molecule has 102 valence electrons. The fourth-order valence-electron chi connectivity index (χ4n) is 1.69. The molecule has 0 fully saturated rings. The third kappa shape index (κ3) is 5.98. The van der Waals surface area contributed by atoms with E-state index in [9.17, 15) is 4.39 Å². The highest BCUT2D eigenvalue weighted by Crippen LogP contribution is 2.17. The van der Waals surface area contributed by atoms with Gasteiger partial charge in [-0.1, -0.05) is 0 Å². The summed E-state index contributed by atoms with van der Waals surface area (Å²) in [6, 6.07) is 4.74. The van der Waals surface area contributed by atoms with Crippen molar-refractivity contribution in [3.05, 3.63) is 29.6 Å². The number of halogens is 1. The average Bonchev–Trinajstić information content (AvgIpc) is 2.27. The van der Waals surface area contributed by atoms with Crippen molar-refractivity contribution >= 4 is 0 Å². The second kappa shape index (κ2) is 8.06. The fourth-order valence-corrected chi connectivity index (χ4v) is 1.69. The summed E-state index contributed by atoms with van der Waals surface area (Å²) >= 11 is 0. The third-order valence-electron chi connectivity index (χ3n) is 2.39. The van der Waals surface area contributed by atoms with Crippen LogP contribution in [0.15, 0.2) is 18.2 Å². The SMILES string of the molecule is CCOCCCOc1cc(F)cc(CC(C)N)c1. The molecule has 3 nitrogen and oxygen atoms in total. The molecule has 0 aliphatic rings. The van der Waals surface area contributed by atoms with Gasteiger partial charge in [-0.15, -0.1) is 0 Å². The zero-order valence-corrected chi connectivity index (χ0v) is 11.1. The largest absolute Gasteiger partial charge is 0.493 e. The first-order valence-electron chi connectivity index (χ1n) is 6.37. The molecule has 0 amide bonds. The van der Waals surface area contributed by atoms with E-state index in [1.807, 2.05) is 19.9 Å². The van der Waals surface area contributed by atoms with Crippen LogP contribution in [0.1, 0.15) is 25.8 Å². The molecule has 1 unspecified atom stereocenters. The van der Waals surface area contributed by atoms with Gasteiger partial charge >= 0.3 is 0 Å². The summed E-state index contributed by atoms with van der Waals surface area (Å²) in [5, 5.41) is 0. The molecule has 18 heavy (non-hydrogen) atoms. The molecular weight excluding hydrogens is 233 g/mol. The summed E-state index contributed by atoms with van der Waals surface area (Å²) < 4.78 is 24.1. The second-order valence-corrected chi connectivity index (χ2v) is 4.38. The molecule has 1 atom stereocenters. The second-order valence-electron chi connectivity index (χ2n) is 4.38. The van der Waals surface area contributed by atoms with E-state index < -0.39 is 0 Å². The fraction of sp³-hybridized carbons (Fsp3) is 0.571. The number of rotatable bonds is 8. The molecule has 0 aliphatic heterocycles. The lowest BCUT2D eigenvalue weighted by atomic mass is 10.1. The first-order chi connectivity index (χ1) is 8.61. The van der Waals surface area contributed by atoms with Crippen molar-refractivity contribution in [1.82, 2.24) is 0 Å². The van der Waals surface area contributed by atoms with Crippen LogP contribution in [0.5, 0.6) is 5.75 Å². The molecule has 0 aliphatic carbocycles. The van der Waals surface area contributed by atoms with Gasteiger partial charge < -0.3 is 15.2 Å². The van der Waals surface area contributed by atoms with Gasteiger partial charge in [-0.25, -0.2) is 4.39 Å². The van der Waals surface area contributed by atoms with Gasteiger partial charge in [0.25, 0.3) is 0 Å². The first-order valence-corrected chi connectivity index (χ1v) is 6.37. The quantitative estimate of drug-likeness (QED) is 0.726. The molecule has 0 aromatic heterocycles. The van der Waals surface area contributed by atoms with Crippen LogP contribution in [0.3, 0.4) is 0 Å². The van der Waals surface area contributed by atoms with E-state index in [1.165, 1.54) is 12.1 Å². The van der Waals surface area contributed by atoms with E-state index in [2.05, 4.69) is 0 Å². The maximum absolute atomic E-state index is 13.4. The minimum Gasteiger partial charge on any atom is -0.493 e. The minimum absolute atomic E-state index is 0.0117. The maximum atomic E-state index is 13.4. The highest BCUT2D eigenvalue weighted by molar-refractivity contribution is 5.30. The number of benzene rings is 1. The Morgan fingerprint density at radius 3 is 2.72 bits per heavy atom. The first kappa shape index (κ1) is 14.9. The Labute approximate surface area is 108 Å². The summed E-state index contributed by atoms with van der Waals surface area (Å²) in [5.41, 5.74) is 6.57. The van der Waals surface area contributed by atoms with Gasteiger partial charge in [0.15, 0.2) is 0 Å². The van der Waals surface area contributed by atoms with Gasteiger partial charge in [-0.3, -0.25) is 0 Å². The van der Waals surface area contributed by atoms with Crippen molar-refractivity contribution in [2.24, 2.45) is 5.73 Å². The van der Waals surface area contributed by atoms with Crippen LogP contribution in [-0.4, -0.2) is 25.9 Å². The van der Waals surface area contributed by atoms with Gasteiger partial charge in [0.1, 0.15) is 11.6 Å². The predicted molar refractivity (Wildman–Crippen MR) is 70.4 cm³/mol. The summed E-state index contributed by atoms with van der Waals surface area (Å²) in [4.78, 5) is 0. The normalized spacial score (nSPS) is 12.4. The zero-order chi connectivity index (χ0) is 13.4. The lowest BCUT2D eigenvalue weighted by molar-refractivity contribution is 0.131. The van der Waals surface area contributed by atoms with Crippen LogP contribution >= 0.6 is 0 Å². The van der Waals surface area contributed by atoms with Crippen LogP contribution in [-0.2, 0) is 11.2 Å². The molecule has 0 spiro atoms. The third-order valence-corrected chi connectivity index (χ3v) is 2.39.